The molecule has 3 aromatic rings. The topological polar surface area (TPSA) is 186 Å². The first-order valence-corrected chi connectivity index (χ1v) is 19.6. The summed E-state index contributed by atoms with van der Waals surface area (Å²) in [6, 6.07) is 2.16. The number of aliphatic hydroxyl groups excluding tert-OH is 1. The van der Waals surface area contributed by atoms with Crippen LogP contribution >= 0.6 is 0 Å². The Balaban J connectivity index is 1.35. The number of fused-ring (bicyclic) bond motifs is 9. The number of piperazine rings is 1. The van der Waals surface area contributed by atoms with Gasteiger partial charge in [-0.25, -0.2) is 4.79 Å². The summed E-state index contributed by atoms with van der Waals surface area (Å²) in [5, 5.41) is 37.6. The number of nitrogens with one attached hydrogen (secondary N) is 1. The van der Waals surface area contributed by atoms with E-state index in [9.17, 15) is 24.9 Å². The number of rotatable bonds is 3. The van der Waals surface area contributed by atoms with Crippen molar-refractivity contribution in [3.63, 3.8) is 0 Å². The Morgan fingerprint density at radius 2 is 1.78 bits per heavy atom. The fourth-order valence-corrected chi connectivity index (χ4v) is 12.3. The lowest BCUT2D eigenvalue weighted by molar-refractivity contribution is -0.186. The van der Waals surface area contributed by atoms with Crippen molar-refractivity contribution >= 4 is 22.7 Å². The molecule has 0 amide bonds. The zero-order valence-corrected chi connectivity index (χ0v) is 32.1. The first kappa shape index (κ1) is 36.1. The van der Waals surface area contributed by atoms with E-state index in [0.29, 0.717) is 70.0 Å². The van der Waals surface area contributed by atoms with Crippen LogP contribution in [0.2, 0.25) is 0 Å². The number of likely N-dealkylation sites (N-methyl/N-ethyl adjacent to an activating group) is 1. The molecular formula is C39H43N3O12S. The van der Waals surface area contributed by atoms with E-state index in [-0.39, 0.29) is 42.2 Å². The van der Waals surface area contributed by atoms with Crippen molar-refractivity contribution < 1.29 is 57.5 Å². The third-order valence-corrected chi connectivity index (χ3v) is 14.2. The third-order valence-electron chi connectivity index (χ3n) is 12.4. The Labute approximate surface area is 319 Å². The summed E-state index contributed by atoms with van der Waals surface area (Å²) in [4.78, 5) is 31.5. The van der Waals surface area contributed by atoms with Crippen LogP contribution in [0.5, 0.6) is 40.2 Å². The Morgan fingerprint density at radius 1 is 1.02 bits per heavy atom. The quantitative estimate of drug-likeness (QED) is 0.224. The summed E-state index contributed by atoms with van der Waals surface area (Å²) in [6.45, 7) is 4.77. The van der Waals surface area contributed by atoms with Gasteiger partial charge in [-0.15, -0.1) is 0 Å². The van der Waals surface area contributed by atoms with Crippen LogP contribution in [0.15, 0.2) is 18.2 Å². The van der Waals surface area contributed by atoms with Crippen LogP contribution in [0.25, 0.3) is 0 Å². The monoisotopic (exact) mass is 777 g/mol. The van der Waals surface area contributed by atoms with Gasteiger partial charge in [-0.05, 0) is 68.1 Å². The van der Waals surface area contributed by atoms with Crippen molar-refractivity contribution in [1.29, 1.82) is 0 Å². The summed E-state index contributed by atoms with van der Waals surface area (Å²) < 4.78 is 51.5. The lowest BCUT2D eigenvalue weighted by Crippen LogP contribution is -2.70. The van der Waals surface area contributed by atoms with Gasteiger partial charge >= 0.3 is 11.9 Å². The van der Waals surface area contributed by atoms with Gasteiger partial charge in [-0.3, -0.25) is 24.1 Å². The first-order valence-electron chi connectivity index (χ1n) is 18.2. The second kappa shape index (κ2) is 12.7. The van der Waals surface area contributed by atoms with Crippen LogP contribution in [0, 0.1) is 13.8 Å². The molecule has 16 heteroatoms. The molecule has 4 bridgehead atoms. The molecular weight excluding hydrogens is 735 g/mol. The fourth-order valence-electron chi connectivity index (χ4n) is 10.2. The van der Waals surface area contributed by atoms with E-state index in [2.05, 4.69) is 5.32 Å². The molecule has 0 saturated carbocycles. The van der Waals surface area contributed by atoms with Crippen LogP contribution < -0.4 is 29.0 Å². The molecule has 7 heterocycles. The average molecular weight is 778 g/mol. The minimum Gasteiger partial charge on any atom is -0.504 e. The van der Waals surface area contributed by atoms with Crippen molar-refractivity contribution in [3.05, 3.63) is 62.7 Å². The maximum absolute atomic E-state index is 15.9. The molecule has 4 N–H and O–H groups in total. The SMILES string of the molecule is COc1cc2c(cc1O)CCN[C@]21CS(=O)[C@@H]2c3c(OC(C)=O)c(C)c4c(c3[C@H](COC1=O)N1C2[C@@H]2c3c(cc(C)c(OC)c3O)C[C@@H]([C@@H]1O)N2C)OCO4. The summed E-state index contributed by atoms with van der Waals surface area (Å²) in [6.07, 6.45) is -0.330. The Hall–Kier alpha value is -4.61. The molecule has 3 aromatic carbocycles. The number of aliphatic hydroxyl groups is 1. The van der Waals surface area contributed by atoms with Gasteiger partial charge in [0.15, 0.2) is 40.0 Å². The normalized spacial score (nSPS) is 30.5. The number of aryl methyl sites for hydroxylation is 1. The summed E-state index contributed by atoms with van der Waals surface area (Å²) in [5.41, 5.74) is 2.93. The maximum Gasteiger partial charge on any atom is 0.332 e. The van der Waals surface area contributed by atoms with E-state index in [0.717, 1.165) is 11.1 Å². The molecule has 2 unspecified atom stereocenters. The van der Waals surface area contributed by atoms with Crippen molar-refractivity contribution in [2.75, 3.05) is 47.0 Å². The smallest absolute Gasteiger partial charge is 0.332 e. The molecule has 10 rings (SSSR count). The van der Waals surface area contributed by atoms with Gasteiger partial charge in [0.05, 0.1) is 49.4 Å². The highest BCUT2D eigenvalue weighted by molar-refractivity contribution is 7.85. The van der Waals surface area contributed by atoms with Crippen LogP contribution in [0.4, 0.5) is 0 Å². The van der Waals surface area contributed by atoms with E-state index in [4.69, 9.17) is 28.4 Å². The van der Waals surface area contributed by atoms with E-state index < -0.39 is 63.9 Å². The second-order valence-electron chi connectivity index (χ2n) is 15.1. The molecule has 7 aliphatic rings. The number of carbonyl (C=O) groups excluding carboxylic acids is 2. The van der Waals surface area contributed by atoms with Crippen molar-refractivity contribution in [1.82, 2.24) is 15.1 Å². The van der Waals surface area contributed by atoms with Crippen LogP contribution in [0.3, 0.4) is 0 Å². The fraction of sp³-hybridized carbons (Fsp3) is 0.487. The standard InChI is InChI=1S/C39H43N3O12S/c1-16-9-20-10-22-37(46)42-23-13-51-38(47)39(21-12-25(49-5)24(44)11-19(21)7-8-40-39)14-55(48)36(30(42)29(41(22)4)26(20)31(45)32(16)50-6)28-27(23)35-34(52-15-53-35)17(2)33(28)54-18(3)43/h9,11-12,22-23,29-30,36-37,40,44-46H,7-8,10,13-15H2,1-6H3/t22-,23-,29-,30?,36+,37-,39+,55?/m0/s1. The van der Waals surface area contributed by atoms with Gasteiger partial charge in [-0.1, -0.05) is 6.07 Å². The first-order chi connectivity index (χ1) is 26.3. The van der Waals surface area contributed by atoms with Crippen LogP contribution in [0.1, 0.15) is 68.8 Å². The number of nitrogens with zero attached hydrogens (tertiary/aromatic N) is 2. The molecule has 2 saturated heterocycles. The number of hydrogen-bond donors (Lipinski definition) is 4. The molecule has 2 fully saturated rings. The summed E-state index contributed by atoms with van der Waals surface area (Å²) in [5.74, 6) is -0.492. The Morgan fingerprint density at radius 3 is 2.51 bits per heavy atom. The minimum atomic E-state index is -2.06. The number of phenols is 2. The molecule has 8 atom stereocenters. The van der Waals surface area contributed by atoms with Gasteiger partial charge in [-0.2, -0.15) is 0 Å². The number of methoxy groups -OCH3 is 2. The third kappa shape index (κ3) is 4.90. The van der Waals surface area contributed by atoms with E-state index in [1.54, 1.807) is 19.1 Å². The highest BCUT2D eigenvalue weighted by atomic mass is 32.2. The molecule has 292 valence electrons. The number of carbonyl (C=O) groups is 2. The average Bonchev–Trinajstić information content (AvgIpc) is 3.64. The number of phenolic OH excluding ortho intramolecular Hbond substituents is 2. The highest BCUT2D eigenvalue weighted by Gasteiger charge is 2.63. The van der Waals surface area contributed by atoms with Gasteiger partial charge in [0, 0.05) is 46.5 Å². The van der Waals surface area contributed by atoms with Crippen molar-refractivity contribution in [2.45, 2.75) is 74.8 Å². The lowest BCUT2D eigenvalue weighted by Gasteiger charge is -2.62. The van der Waals surface area contributed by atoms with Crippen LogP contribution in [-0.2, 0) is 43.5 Å². The zero-order valence-electron chi connectivity index (χ0n) is 31.3. The largest absolute Gasteiger partial charge is 0.504 e. The predicted octanol–water partition coefficient (Wildman–Crippen LogP) is 2.43. The van der Waals surface area contributed by atoms with Crippen molar-refractivity contribution in [2.24, 2.45) is 0 Å². The molecule has 0 aromatic heterocycles. The van der Waals surface area contributed by atoms with Gasteiger partial charge in [0.2, 0.25) is 6.79 Å². The van der Waals surface area contributed by atoms with Crippen molar-refractivity contribution in [3.8, 4) is 40.2 Å². The van der Waals surface area contributed by atoms with Gasteiger partial charge in [0.25, 0.3) is 0 Å². The minimum absolute atomic E-state index is 0.0529. The number of aromatic hydroxyl groups is 2. The molecule has 0 aliphatic carbocycles. The lowest BCUT2D eigenvalue weighted by atomic mass is 9.73. The maximum atomic E-state index is 15.9. The van der Waals surface area contributed by atoms with Gasteiger partial charge in [0.1, 0.15) is 18.6 Å². The molecule has 15 nitrogen and oxygen atoms in total. The Kier molecular flexibility index (Phi) is 8.33. The molecule has 1 spiro atoms. The van der Waals surface area contributed by atoms with E-state index in [1.807, 2.05) is 29.8 Å². The highest BCUT2D eigenvalue weighted by Crippen LogP contribution is 2.63. The number of hydrogen-bond acceptors (Lipinski definition) is 15. The number of esters is 2. The second-order valence-corrected chi connectivity index (χ2v) is 16.7. The molecule has 55 heavy (non-hydrogen) atoms. The summed E-state index contributed by atoms with van der Waals surface area (Å²) in [7, 11) is 2.72. The van der Waals surface area contributed by atoms with Crippen LogP contribution in [-0.4, -0.2) is 107 Å². The zero-order chi connectivity index (χ0) is 38.8. The molecule has 0 radical (unpaired) electrons. The summed E-state index contributed by atoms with van der Waals surface area (Å²) >= 11 is 0. The number of ether oxygens (including phenoxy) is 6. The van der Waals surface area contributed by atoms with Gasteiger partial charge < -0.3 is 43.7 Å². The Bertz CT molecular complexity index is 2210. The van der Waals surface area contributed by atoms with E-state index >= 15 is 4.21 Å². The van der Waals surface area contributed by atoms with E-state index in [1.165, 1.54) is 21.1 Å². The predicted molar refractivity (Wildman–Crippen MR) is 195 cm³/mol. The molecule has 7 aliphatic heterocycles. The number of benzene rings is 3.